The fourth-order valence-electron chi connectivity index (χ4n) is 2.31. The fraction of sp³-hybridized carbons (Fsp3) is 0.571. The normalized spacial score (nSPS) is 23.4. The summed E-state index contributed by atoms with van der Waals surface area (Å²) < 4.78 is 52.0. The number of halogens is 1. The van der Waals surface area contributed by atoms with Gasteiger partial charge in [-0.05, 0) is 26.0 Å². The van der Waals surface area contributed by atoms with Crippen molar-refractivity contribution < 1.29 is 22.3 Å². The Morgan fingerprint density at radius 3 is 2.68 bits per heavy atom. The predicted molar refractivity (Wildman–Crippen MR) is 80.4 cm³/mol. The first kappa shape index (κ1) is 17.1. The zero-order chi connectivity index (χ0) is 16.2. The van der Waals surface area contributed by atoms with Gasteiger partial charge in [0.2, 0.25) is 0 Å². The van der Waals surface area contributed by atoms with E-state index in [4.69, 9.17) is 9.47 Å². The smallest absolute Gasteiger partial charge is 0.279 e. The van der Waals surface area contributed by atoms with Gasteiger partial charge in [0.25, 0.3) is 10.2 Å². The summed E-state index contributed by atoms with van der Waals surface area (Å²) >= 11 is 0. The Labute approximate surface area is 130 Å². The van der Waals surface area contributed by atoms with Gasteiger partial charge in [-0.3, -0.25) is 0 Å². The molecule has 1 aromatic carbocycles. The zero-order valence-electron chi connectivity index (χ0n) is 12.7. The highest BCUT2D eigenvalue weighted by Crippen LogP contribution is 2.14. The molecule has 2 rings (SSSR count). The van der Waals surface area contributed by atoms with Gasteiger partial charge in [0, 0.05) is 25.7 Å². The summed E-state index contributed by atoms with van der Waals surface area (Å²) in [5, 5.41) is 0. The molecule has 1 aromatic rings. The highest BCUT2D eigenvalue weighted by molar-refractivity contribution is 7.87. The van der Waals surface area contributed by atoms with Crippen LogP contribution in [0, 0.1) is 5.82 Å². The monoisotopic (exact) mass is 332 g/mol. The first-order valence-electron chi connectivity index (χ1n) is 7.15. The van der Waals surface area contributed by atoms with Crippen molar-refractivity contribution in [3.63, 3.8) is 0 Å². The molecule has 8 heteroatoms. The lowest BCUT2D eigenvalue weighted by molar-refractivity contribution is -0.0444. The number of benzene rings is 1. The fourth-order valence-corrected chi connectivity index (χ4v) is 3.65. The van der Waals surface area contributed by atoms with Crippen molar-refractivity contribution in [3.8, 4) is 5.75 Å². The average molecular weight is 332 g/mol. The summed E-state index contributed by atoms with van der Waals surface area (Å²) in [5.74, 6) is -0.0258. The van der Waals surface area contributed by atoms with Gasteiger partial charge >= 0.3 is 0 Å². The third-order valence-corrected chi connectivity index (χ3v) is 4.72. The maximum absolute atomic E-state index is 13.0. The molecule has 0 aliphatic carbocycles. The van der Waals surface area contributed by atoms with Gasteiger partial charge in [-0.15, -0.1) is 0 Å². The van der Waals surface area contributed by atoms with E-state index < -0.39 is 16.0 Å². The molecule has 0 radical (unpaired) electrons. The quantitative estimate of drug-likeness (QED) is 0.794. The van der Waals surface area contributed by atoms with Crippen molar-refractivity contribution in [2.75, 3.05) is 26.2 Å². The molecule has 2 atom stereocenters. The van der Waals surface area contributed by atoms with Crippen LogP contribution in [-0.2, 0) is 14.9 Å². The summed E-state index contributed by atoms with van der Waals surface area (Å²) in [7, 11) is -3.56. The van der Waals surface area contributed by atoms with E-state index in [2.05, 4.69) is 4.72 Å². The molecule has 124 valence electrons. The second-order valence-corrected chi connectivity index (χ2v) is 7.03. The molecular formula is C14H21FN2O4S. The summed E-state index contributed by atoms with van der Waals surface area (Å²) in [5.41, 5.74) is 0. The van der Waals surface area contributed by atoms with Crippen LogP contribution in [0.3, 0.4) is 0 Å². The molecule has 6 nitrogen and oxygen atoms in total. The van der Waals surface area contributed by atoms with Gasteiger partial charge < -0.3 is 9.47 Å². The topological polar surface area (TPSA) is 67.9 Å². The Balaban J connectivity index is 1.80. The van der Waals surface area contributed by atoms with Gasteiger partial charge in [0.15, 0.2) is 0 Å². The Hall–Kier alpha value is -1.22. The summed E-state index contributed by atoms with van der Waals surface area (Å²) in [4.78, 5) is 0. The van der Waals surface area contributed by atoms with Crippen LogP contribution in [0.2, 0.25) is 0 Å². The summed E-state index contributed by atoms with van der Waals surface area (Å²) in [6.45, 7) is 4.56. The number of hydrogen-bond donors (Lipinski definition) is 1. The van der Waals surface area contributed by atoms with Gasteiger partial charge in [0.05, 0.1) is 12.2 Å². The highest BCUT2D eigenvalue weighted by Gasteiger charge is 2.30. The molecule has 1 heterocycles. The number of nitrogens with zero attached hydrogens (tertiary/aromatic N) is 1. The summed E-state index contributed by atoms with van der Waals surface area (Å²) in [6, 6.07) is 5.71. The molecule has 0 spiro atoms. The molecule has 1 aliphatic heterocycles. The molecule has 1 saturated heterocycles. The third-order valence-electron chi connectivity index (χ3n) is 3.18. The minimum absolute atomic E-state index is 0.110. The van der Waals surface area contributed by atoms with E-state index in [-0.39, 0.29) is 25.4 Å². The van der Waals surface area contributed by atoms with Crippen molar-refractivity contribution in [2.45, 2.75) is 26.1 Å². The number of rotatable bonds is 6. The van der Waals surface area contributed by atoms with Crippen molar-refractivity contribution in [2.24, 2.45) is 0 Å². The lowest BCUT2D eigenvalue weighted by Gasteiger charge is -2.34. The second-order valence-electron chi connectivity index (χ2n) is 5.28. The van der Waals surface area contributed by atoms with Crippen LogP contribution in [0.25, 0.3) is 0 Å². The Morgan fingerprint density at radius 2 is 2.05 bits per heavy atom. The second kappa shape index (κ2) is 7.36. The highest BCUT2D eigenvalue weighted by atomic mass is 32.2. The van der Waals surface area contributed by atoms with Crippen LogP contribution in [0.5, 0.6) is 5.75 Å². The Morgan fingerprint density at radius 1 is 1.36 bits per heavy atom. The first-order chi connectivity index (χ1) is 10.4. The van der Waals surface area contributed by atoms with E-state index in [1.54, 1.807) is 6.07 Å². The lowest BCUT2D eigenvalue weighted by Crippen LogP contribution is -2.52. The van der Waals surface area contributed by atoms with Crippen molar-refractivity contribution in [3.05, 3.63) is 30.1 Å². The van der Waals surface area contributed by atoms with E-state index in [1.165, 1.54) is 22.5 Å². The Kier molecular flexibility index (Phi) is 5.74. The largest absolute Gasteiger partial charge is 0.492 e. The molecule has 0 saturated carbocycles. The maximum Gasteiger partial charge on any atom is 0.279 e. The van der Waals surface area contributed by atoms with Gasteiger partial charge in [-0.1, -0.05) is 6.07 Å². The van der Waals surface area contributed by atoms with E-state index in [9.17, 15) is 12.8 Å². The minimum atomic E-state index is -3.56. The maximum atomic E-state index is 13.0. The molecule has 1 aliphatic rings. The number of ether oxygens (including phenoxy) is 2. The zero-order valence-corrected chi connectivity index (χ0v) is 13.5. The standard InChI is InChI=1S/C14H21FN2O4S/c1-11-9-17(10-12(2)21-11)22(18,19)16-6-7-20-14-5-3-4-13(15)8-14/h3-5,8,11-12,16H,6-7,9-10H2,1-2H3/t11-,12+. The van der Waals surface area contributed by atoms with Gasteiger partial charge in [0.1, 0.15) is 18.2 Å². The van der Waals surface area contributed by atoms with Crippen molar-refractivity contribution in [1.82, 2.24) is 9.03 Å². The van der Waals surface area contributed by atoms with Crippen LogP contribution >= 0.6 is 0 Å². The average Bonchev–Trinajstić information content (AvgIpc) is 2.43. The van der Waals surface area contributed by atoms with E-state index in [1.807, 2.05) is 13.8 Å². The van der Waals surface area contributed by atoms with Crippen LogP contribution in [0.4, 0.5) is 4.39 Å². The molecule has 1 fully saturated rings. The Bertz CT molecular complexity index is 586. The van der Waals surface area contributed by atoms with E-state index >= 15 is 0 Å². The van der Waals surface area contributed by atoms with Gasteiger partial charge in [-0.2, -0.15) is 17.4 Å². The molecule has 22 heavy (non-hydrogen) atoms. The van der Waals surface area contributed by atoms with Crippen molar-refractivity contribution >= 4 is 10.2 Å². The molecule has 1 N–H and O–H groups in total. The van der Waals surface area contributed by atoms with Crippen LogP contribution < -0.4 is 9.46 Å². The van der Waals surface area contributed by atoms with Crippen LogP contribution in [0.1, 0.15) is 13.8 Å². The summed E-state index contributed by atoms with van der Waals surface area (Å²) in [6.07, 6.45) is -0.271. The van der Waals surface area contributed by atoms with Crippen LogP contribution in [-0.4, -0.2) is 51.2 Å². The lowest BCUT2D eigenvalue weighted by atomic mass is 10.3. The SMILES string of the molecule is C[C@@H]1CN(S(=O)(=O)NCCOc2cccc(F)c2)C[C@H](C)O1. The predicted octanol–water partition coefficient (Wildman–Crippen LogP) is 1.15. The third kappa shape index (κ3) is 4.91. The number of nitrogens with one attached hydrogen (secondary N) is 1. The van der Waals surface area contributed by atoms with E-state index in [0.29, 0.717) is 18.8 Å². The minimum Gasteiger partial charge on any atom is -0.492 e. The number of hydrogen-bond acceptors (Lipinski definition) is 4. The molecule has 0 amide bonds. The molecule has 0 aromatic heterocycles. The molecule has 0 bridgehead atoms. The molecular weight excluding hydrogens is 311 g/mol. The van der Waals surface area contributed by atoms with E-state index in [0.717, 1.165) is 0 Å². The first-order valence-corrected chi connectivity index (χ1v) is 8.59. The van der Waals surface area contributed by atoms with Crippen molar-refractivity contribution in [1.29, 1.82) is 0 Å². The number of morpholine rings is 1. The van der Waals surface area contributed by atoms with Crippen LogP contribution in [0.15, 0.2) is 24.3 Å². The van der Waals surface area contributed by atoms with Gasteiger partial charge in [-0.25, -0.2) is 4.39 Å². The molecule has 0 unspecified atom stereocenters.